The van der Waals surface area contributed by atoms with Crippen LogP contribution in [0, 0.1) is 5.92 Å². The second kappa shape index (κ2) is 4.36. The van der Waals surface area contributed by atoms with Crippen molar-refractivity contribution in [2.45, 2.75) is 26.7 Å². The molecule has 12 heavy (non-hydrogen) atoms. The van der Waals surface area contributed by atoms with Crippen molar-refractivity contribution in [2.24, 2.45) is 5.92 Å². The maximum Gasteiger partial charge on any atom is 0.185 e. The average molecular weight is 183 g/mol. The van der Waals surface area contributed by atoms with Gasteiger partial charge in [0.15, 0.2) is 5.78 Å². The topological polar surface area (TPSA) is 30.0 Å². The molecule has 1 heterocycles. The monoisotopic (exact) mass is 183 g/mol. The Hall–Kier alpha value is -0.700. The van der Waals surface area contributed by atoms with Crippen LogP contribution in [-0.4, -0.2) is 10.8 Å². The second-order valence-corrected chi connectivity index (χ2v) is 3.47. The lowest BCUT2D eigenvalue weighted by atomic mass is 9.97. The summed E-state index contributed by atoms with van der Waals surface area (Å²) in [5.74, 6) is 0.355. The lowest BCUT2D eigenvalue weighted by Crippen LogP contribution is -2.13. The van der Waals surface area contributed by atoms with Crippen LogP contribution in [0.5, 0.6) is 0 Å². The molecule has 0 amide bonds. The molecule has 0 radical (unpaired) electrons. The standard InChI is InChI=1S/C9H13NOS/c1-3-7(4-2)9(11)8-5-12-6-10-8/h5-7H,3-4H2,1-2H3. The number of carbonyl (C=O) groups excluding carboxylic acids is 1. The van der Waals surface area contributed by atoms with Crippen molar-refractivity contribution in [1.82, 2.24) is 4.98 Å². The van der Waals surface area contributed by atoms with E-state index >= 15 is 0 Å². The average Bonchev–Trinajstić information content (AvgIpc) is 2.58. The van der Waals surface area contributed by atoms with Crippen LogP contribution in [0.4, 0.5) is 0 Å². The summed E-state index contributed by atoms with van der Waals surface area (Å²) in [6, 6.07) is 0. The first-order valence-electron chi connectivity index (χ1n) is 4.22. The molecular formula is C9H13NOS. The van der Waals surface area contributed by atoms with Crippen LogP contribution >= 0.6 is 11.3 Å². The minimum atomic E-state index is 0.159. The molecule has 2 nitrogen and oxygen atoms in total. The van der Waals surface area contributed by atoms with Crippen molar-refractivity contribution >= 4 is 17.1 Å². The van der Waals surface area contributed by atoms with Gasteiger partial charge in [0.05, 0.1) is 5.51 Å². The Morgan fingerprint density at radius 3 is 2.67 bits per heavy atom. The molecule has 0 atom stereocenters. The van der Waals surface area contributed by atoms with Gasteiger partial charge in [-0.15, -0.1) is 11.3 Å². The van der Waals surface area contributed by atoms with E-state index in [0.29, 0.717) is 5.69 Å². The molecule has 0 aromatic carbocycles. The summed E-state index contributed by atoms with van der Waals surface area (Å²) in [4.78, 5) is 15.6. The Labute approximate surface area is 76.6 Å². The van der Waals surface area contributed by atoms with Crippen LogP contribution in [0.15, 0.2) is 10.9 Å². The van der Waals surface area contributed by atoms with Crippen molar-refractivity contribution in [3.63, 3.8) is 0 Å². The third-order valence-corrected chi connectivity index (χ3v) is 2.63. The van der Waals surface area contributed by atoms with Gasteiger partial charge in [-0.05, 0) is 12.8 Å². The quantitative estimate of drug-likeness (QED) is 0.672. The van der Waals surface area contributed by atoms with E-state index in [1.807, 2.05) is 19.2 Å². The zero-order valence-electron chi connectivity index (χ0n) is 7.41. The smallest absolute Gasteiger partial charge is 0.185 e. The fourth-order valence-corrected chi connectivity index (χ4v) is 1.74. The van der Waals surface area contributed by atoms with Gasteiger partial charge in [-0.25, -0.2) is 4.98 Å². The summed E-state index contributed by atoms with van der Waals surface area (Å²) in [7, 11) is 0. The van der Waals surface area contributed by atoms with E-state index in [1.54, 1.807) is 5.51 Å². The fraction of sp³-hybridized carbons (Fsp3) is 0.556. The molecule has 1 aromatic rings. The van der Waals surface area contributed by atoms with E-state index in [4.69, 9.17) is 0 Å². The molecule has 0 N–H and O–H groups in total. The van der Waals surface area contributed by atoms with Gasteiger partial charge in [0.1, 0.15) is 5.69 Å². The molecule has 0 saturated heterocycles. The largest absolute Gasteiger partial charge is 0.292 e. The van der Waals surface area contributed by atoms with E-state index in [1.165, 1.54) is 11.3 Å². The highest BCUT2D eigenvalue weighted by atomic mass is 32.1. The highest BCUT2D eigenvalue weighted by Crippen LogP contribution is 2.15. The van der Waals surface area contributed by atoms with Crippen LogP contribution in [0.2, 0.25) is 0 Å². The number of nitrogens with zero attached hydrogens (tertiary/aromatic N) is 1. The Bertz CT molecular complexity index is 239. The summed E-state index contributed by atoms with van der Waals surface area (Å²) in [5, 5.41) is 1.82. The number of Topliss-reactive ketones (excluding diaryl/α,β-unsaturated/α-hetero) is 1. The van der Waals surface area contributed by atoms with Crippen molar-refractivity contribution in [1.29, 1.82) is 0 Å². The Morgan fingerprint density at radius 1 is 1.58 bits per heavy atom. The van der Waals surface area contributed by atoms with Gasteiger partial charge in [0.25, 0.3) is 0 Å². The minimum Gasteiger partial charge on any atom is -0.292 e. The highest BCUT2D eigenvalue weighted by Gasteiger charge is 2.17. The third-order valence-electron chi connectivity index (χ3n) is 2.04. The number of rotatable bonds is 4. The SMILES string of the molecule is CCC(CC)C(=O)c1cscn1. The van der Waals surface area contributed by atoms with E-state index in [0.717, 1.165) is 12.8 Å². The van der Waals surface area contributed by atoms with E-state index in [9.17, 15) is 4.79 Å². The Balaban J connectivity index is 2.70. The van der Waals surface area contributed by atoms with Crippen LogP contribution in [0.1, 0.15) is 37.2 Å². The van der Waals surface area contributed by atoms with Crippen LogP contribution in [0.3, 0.4) is 0 Å². The summed E-state index contributed by atoms with van der Waals surface area (Å²) in [6.45, 7) is 4.08. The number of ketones is 1. The predicted octanol–water partition coefficient (Wildman–Crippen LogP) is 2.76. The molecule has 0 fully saturated rings. The summed E-state index contributed by atoms with van der Waals surface area (Å²) < 4.78 is 0. The number of carbonyl (C=O) groups is 1. The minimum absolute atomic E-state index is 0.159. The second-order valence-electron chi connectivity index (χ2n) is 2.75. The van der Waals surface area contributed by atoms with E-state index in [-0.39, 0.29) is 11.7 Å². The maximum atomic E-state index is 11.6. The first kappa shape index (κ1) is 9.39. The Morgan fingerprint density at radius 2 is 2.25 bits per heavy atom. The summed E-state index contributed by atoms with van der Waals surface area (Å²) in [6.07, 6.45) is 1.82. The molecule has 1 rings (SSSR count). The number of hydrogen-bond acceptors (Lipinski definition) is 3. The third kappa shape index (κ3) is 1.91. The molecule has 3 heteroatoms. The van der Waals surface area contributed by atoms with Gasteiger partial charge in [0.2, 0.25) is 0 Å². The van der Waals surface area contributed by atoms with Gasteiger partial charge in [-0.1, -0.05) is 13.8 Å². The zero-order chi connectivity index (χ0) is 8.97. The molecule has 0 saturated carbocycles. The van der Waals surface area contributed by atoms with Crippen molar-refractivity contribution in [3.05, 3.63) is 16.6 Å². The van der Waals surface area contributed by atoms with Gasteiger partial charge < -0.3 is 0 Å². The molecule has 0 spiro atoms. The normalized spacial score (nSPS) is 10.6. The summed E-state index contributed by atoms with van der Waals surface area (Å²) in [5.41, 5.74) is 2.34. The summed E-state index contributed by atoms with van der Waals surface area (Å²) >= 11 is 1.47. The lowest BCUT2D eigenvalue weighted by Gasteiger charge is -2.07. The van der Waals surface area contributed by atoms with Crippen molar-refractivity contribution in [2.75, 3.05) is 0 Å². The molecule has 0 bridgehead atoms. The first-order valence-corrected chi connectivity index (χ1v) is 5.16. The van der Waals surface area contributed by atoms with Crippen LogP contribution in [0.25, 0.3) is 0 Å². The molecular weight excluding hydrogens is 170 g/mol. The van der Waals surface area contributed by atoms with E-state index in [2.05, 4.69) is 4.98 Å². The molecule has 0 unspecified atom stereocenters. The predicted molar refractivity (Wildman–Crippen MR) is 50.5 cm³/mol. The van der Waals surface area contributed by atoms with Gasteiger partial charge in [-0.2, -0.15) is 0 Å². The Kier molecular flexibility index (Phi) is 3.41. The van der Waals surface area contributed by atoms with Crippen LogP contribution in [-0.2, 0) is 0 Å². The van der Waals surface area contributed by atoms with Gasteiger partial charge in [0, 0.05) is 11.3 Å². The lowest BCUT2D eigenvalue weighted by molar-refractivity contribution is 0.0909. The maximum absolute atomic E-state index is 11.6. The van der Waals surface area contributed by atoms with Gasteiger partial charge >= 0.3 is 0 Å². The van der Waals surface area contributed by atoms with E-state index < -0.39 is 0 Å². The molecule has 0 aliphatic heterocycles. The van der Waals surface area contributed by atoms with Gasteiger partial charge in [-0.3, -0.25) is 4.79 Å². The first-order chi connectivity index (χ1) is 5.79. The van der Waals surface area contributed by atoms with Crippen molar-refractivity contribution in [3.8, 4) is 0 Å². The molecule has 0 aliphatic rings. The van der Waals surface area contributed by atoms with Crippen molar-refractivity contribution < 1.29 is 4.79 Å². The fourth-order valence-electron chi connectivity index (χ4n) is 1.20. The number of aromatic nitrogens is 1. The number of hydrogen-bond donors (Lipinski definition) is 0. The molecule has 66 valence electrons. The number of thiazole rings is 1. The molecule has 1 aromatic heterocycles. The highest BCUT2D eigenvalue weighted by molar-refractivity contribution is 7.07. The molecule has 0 aliphatic carbocycles. The zero-order valence-corrected chi connectivity index (χ0v) is 8.23. The van der Waals surface area contributed by atoms with Crippen LogP contribution < -0.4 is 0 Å².